The van der Waals surface area contributed by atoms with Crippen molar-refractivity contribution in [2.24, 2.45) is 11.3 Å². The lowest BCUT2D eigenvalue weighted by atomic mass is 9.98. The largest absolute Gasteiger partial charge is 0.355 e. The van der Waals surface area contributed by atoms with Crippen molar-refractivity contribution in [2.75, 3.05) is 11.9 Å². The topological polar surface area (TPSA) is 152 Å². The molecule has 2 aliphatic rings. The summed E-state index contributed by atoms with van der Waals surface area (Å²) in [4.78, 5) is 68.5. The van der Waals surface area contributed by atoms with Crippen LogP contribution in [0.5, 0.6) is 0 Å². The second kappa shape index (κ2) is 14.9. The van der Waals surface area contributed by atoms with Gasteiger partial charge in [-0.2, -0.15) is 5.10 Å². The Morgan fingerprint density at radius 2 is 1.85 bits per heavy atom. The second-order valence-corrected chi connectivity index (χ2v) is 14.5. The maximum absolute atomic E-state index is 14.4. The van der Waals surface area contributed by atoms with E-state index in [1.54, 1.807) is 36.4 Å². The molecule has 270 valence electrons. The fraction of sp³-hybridized carbons (Fsp3) is 0.368. The SMILES string of the molecule is C=CCC[C@@H](C)C(=O)NC[C@@]12C[C@@H](C(=O)Nc3cc(F)cc(Br)n3)N(C(=O)Cn3nc(C(C)=O)c4cc(-c5cnc(C)nc5)cc(CC=C)c43)[C@@H]1C2. The number of fused-ring (bicyclic) bond motifs is 2. The van der Waals surface area contributed by atoms with Crippen LogP contribution in [0, 0.1) is 24.1 Å². The molecule has 6 rings (SSSR count). The first kappa shape index (κ1) is 36.7. The molecule has 3 aromatic heterocycles. The van der Waals surface area contributed by atoms with Crippen LogP contribution in [-0.4, -0.2) is 71.8 Å². The van der Waals surface area contributed by atoms with E-state index in [0.717, 1.165) is 22.8 Å². The number of allylic oxidation sites excluding steroid dienone is 2. The van der Waals surface area contributed by atoms with Gasteiger partial charge in [-0.15, -0.1) is 13.2 Å². The van der Waals surface area contributed by atoms with Crippen LogP contribution in [0.1, 0.15) is 61.4 Å². The Hall–Kier alpha value is -5.11. The summed E-state index contributed by atoms with van der Waals surface area (Å²) in [5, 5.41) is 10.9. The average Bonchev–Trinajstić information content (AvgIpc) is 3.50. The van der Waals surface area contributed by atoms with Crippen LogP contribution < -0.4 is 10.6 Å². The molecule has 12 nitrogen and oxygen atoms in total. The molecule has 1 saturated heterocycles. The predicted molar refractivity (Wildman–Crippen MR) is 198 cm³/mol. The number of nitrogens with one attached hydrogen (secondary N) is 2. The number of benzene rings is 1. The number of amides is 3. The number of hydrogen-bond acceptors (Lipinski definition) is 8. The van der Waals surface area contributed by atoms with Gasteiger partial charge in [0.1, 0.15) is 40.3 Å². The van der Waals surface area contributed by atoms with Crippen molar-refractivity contribution >= 4 is 56.2 Å². The van der Waals surface area contributed by atoms with Crippen LogP contribution in [0.15, 0.2) is 66.6 Å². The summed E-state index contributed by atoms with van der Waals surface area (Å²) in [7, 11) is 0. The Kier molecular flexibility index (Phi) is 10.5. The summed E-state index contributed by atoms with van der Waals surface area (Å²) in [6, 6.07) is 4.81. The highest BCUT2D eigenvalue weighted by atomic mass is 79.9. The lowest BCUT2D eigenvalue weighted by molar-refractivity contribution is -0.138. The van der Waals surface area contributed by atoms with Crippen molar-refractivity contribution in [3.05, 3.63) is 89.5 Å². The molecular formula is C38H40BrFN8O4. The molecule has 2 N–H and O–H groups in total. The molecule has 0 bridgehead atoms. The first-order valence-corrected chi connectivity index (χ1v) is 17.9. The van der Waals surface area contributed by atoms with Crippen molar-refractivity contribution < 1.29 is 23.6 Å². The van der Waals surface area contributed by atoms with Crippen molar-refractivity contribution in [1.82, 2.24) is 34.9 Å². The number of nitrogens with zero attached hydrogens (tertiary/aromatic N) is 6. The van der Waals surface area contributed by atoms with E-state index in [-0.39, 0.29) is 58.6 Å². The molecule has 4 atom stereocenters. The first-order chi connectivity index (χ1) is 24.8. The number of Topliss-reactive ketones (excluding diaryl/α,β-unsaturated/α-hetero) is 1. The zero-order chi connectivity index (χ0) is 37.3. The third-order valence-corrected chi connectivity index (χ3v) is 10.3. The number of piperidine rings is 1. The molecule has 3 amide bonds. The molecule has 52 heavy (non-hydrogen) atoms. The third kappa shape index (κ3) is 7.43. The van der Waals surface area contributed by atoms with Crippen LogP contribution in [0.25, 0.3) is 22.0 Å². The van der Waals surface area contributed by atoms with E-state index in [2.05, 4.69) is 59.8 Å². The lowest BCUT2D eigenvalue weighted by Crippen LogP contribution is -2.46. The maximum atomic E-state index is 14.4. The molecule has 0 unspecified atom stereocenters. The molecule has 4 heterocycles. The number of carbonyl (C=O) groups excluding carboxylic acids is 4. The van der Waals surface area contributed by atoms with E-state index in [0.29, 0.717) is 49.0 Å². The van der Waals surface area contributed by atoms with Gasteiger partial charge in [-0.3, -0.25) is 23.9 Å². The molecular weight excluding hydrogens is 731 g/mol. The molecule has 0 radical (unpaired) electrons. The highest BCUT2D eigenvalue weighted by Gasteiger charge is 2.67. The standard InChI is InChI=1S/C38H40BrFN8O4/c1-6-8-10-21(3)36(51)43-20-38-15-29(37(52)45-32-14-27(40)13-31(39)44-32)48(30(38)16-38)33(50)19-47-35-24(9-7-2)11-25(26-17-41-23(5)42-18-26)12-28(35)34(46-47)22(4)49/h6-7,11-14,17-18,21,29-30H,1-2,8-10,15-16,19-20H2,3-5H3,(H,43,51)(H,44,45,52)/t21-,29+,30-,38+/m1/s1. The Morgan fingerprint density at radius 3 is 2.52 bits per heavy atom. The number of anilines is 1. The molecule has 4 aromatic rings. The van der Waals surface area contributed by atoms with E-state index >= 15 is 0 Å². The van der Waals surface area contributed by atoms with Crippen molar-refractivity contribution in [3.63, 3.8) is 0 Å². The molecule has 0 spiro atoms. The van der Waals surface area contributed by atoms with Crippen LogP contribution in [0.3, 0.4) is 0 Å². The summed E-state index contributed by atoms with van der Waals surface area (Å²) in [6.07, 6.45) is 9.61. The van der Waals surface area contributed by atoms with Gasteiger partial charge in [0, 0.05) is 66.3 Å². The number of carbonyl (C=O) groups is 4. The number of aromatic nitrogens is 5. The van der Waals surface area contributed by atoms with E-state index in [1.165, 1.54) is 17.7 Å². The third-order valence-electron chi connectivity index (χ3n) is 9.90. The zero-order valence-corrected chi connectivity index (χ0v) is 30.9. The van der Waals surface area contributed by atoms with Gasteiger partial charge in [-0.25, -0.2) is 19.3 Å². The minimum atomic E-state index is -0.930. The smallest absolute Gasteiger partial charge is 0.248 e. The zero-order valence-electron chi connectivity index (χ0n) is 29.3. The molecule has 2 fully saturated rings. The molecule has 1 saturated carbocycles. The Morgan fingerprint density at radius 1 is 1.10 bits per heavy atom. The quantitative estimate of drug-likeness (QED) is 0.0936. The fourth-order valence-electron chi connectivity index (χ4n) is 7.15. The monoisotopic (exact) mass is 770 g/mol. The van der Waals surface area contributed by atoms with E-state index in [4.69, 9.17) is 0 Å². The number of aryl methyl sites for hydroxylation is 1. The Bertz CT molecular complexity index is 2080. The minimum Gasteiger partial charge on any atom is -0.355 e. The highest BCUT2D eigenvalue weighted by Crippen LogP contribution is 2.59. The van der Waals surface area contributed by atoms with Gasteiger partial charge >= 0.3 is 0 Å². The average molecular weight is 772 g/mol. The Balaban J connectivity index is 1.33. The highest BCUT2D eigenvalue weighted by molar-refractivity contribution is 9.10. The number of likely N-dealkylation sites (tertiary alicyclic amines) is 1. The molecule has 14 heteroatoms. The van der Waals surface area contributed by atoms with Gasteiger partial charge in [-0.05, 0) is 78.2 Å². The van der Waals surface area contributed by atoms with Gasteiger partial charge in [0.2, 0.25) is 17.7 Å². The minimum absolute atomic E-state index is 0.00346. The predicted octanol–water partition coefficient (Wildman–Crippen LogP) is 5.75. The number of pyridine rings is 1. The van der Waals surface area contributed by atoms with Gasteiger partial charge in [-0.1, -0.05) is 19.1 Å². The summed E-state index contributed by atoms with van der Waals surface area (Å²) in [5.74, 6) is -1.49. The van der Waals surface area contributed by atoms with Crippen LogP contribution >= 0.6 is 15.9 Å². The summed E-state index contributed by atoms with van der Waals surface area (Å²) in [5.41, 5.74) is 2.63. The first-order valence-electron chi connectivity index (χ1n) is 17.1. The van der Waals surface area contributed by atoms with E-state index < -0.39 is 23.2 Å². The maximum Gasteiger partial charge on any atom is 0.248 e. The summed E-state index contributed by atoms with van der Waals surface area (Å²) >= 11 is 3.16. The van der Waals surface area contributed by atoms with Gasteiger partial charge in [0.25, 0.3) is 0 Å². The molecule has 1 aromatic carbocycles. The summed E-state index contributed by atoms with van der Waals surface area (Å²) in [6.45, 7) is 12.8. The van der Waals surface area contributed by atoms with Crippen molar-refractivity contribution in [3.8, 4) is 11.1 Å². The number of rotatable bonds is 14. The van der Waals surface area contributed by atoms with Crippen LogP contribution in [-0.2, 0) is 27.3 Å². The number of hydrogen-bond donors (Lipinski definition) is 2. The van der Waals surface area contributed by atoms with Crippen LogP contribution in [0.2, 0.25) is 0 Å². The van der Waals surface area contributed by atoms with Crippen molar-refractivity contribution in [2.45, 2.75) is 71.5 Å². The van der Waals surface area contributed by atoms with Gasteiger partial charge in [0.05, 0.1) is 5.52 Å². The van der Waals surface area contributed by atoms with Crippen molar-refractivity contribution in [1.29, 1.82) is 0 Å². The summed E-state index contributed by atoms with van der Waals surface area (Å²) < 4.78 is 15.9. The Labute approximate surface area is 309 Å². The van der Waals surface area contributed by atoms with E-state index in [1.807, 2.05) is 19.1 Å². The number of ketones is 1. The van der Waals surface area contributed by atoms with Crippen LogP contribution in [0.4, 0.5) is 10.2 Å². The molecule has 1 aliphatic carbocycles. The van der Waals surface area contributed by atoms with Gasteiger partial charge < -0.3 is 15.5 Å². The fourth-order valence-corrected chi connectivity index (χ4v) is 7.56. The number of halogens is 2. The normalized spacial score (nSPS) is 19.5. The molecule has 1 aliphatic heterocycles. The lowest BCUT2D eigenvalue weighted by Gasteiger charge is -2.27. The second-order valence-electron chi connectivity index (χ2n) is 13.7. The van der Waals surface area contributed by atoms with E-state index in [9.17, 15) is 23.6 Å². The van der Waals surface area contributed by atoms with Gasteiger partial charge in [0.15, 0.2) is 5.78 Å².